The van der Waals surface area contributed by atoms with Crippen molar-refractivity contribution in [2.45, 2.75) is 6.10 Å². The van der Waals surface area contributed by atoms with Crippen LogP contribution in [0.15, 0.2) is 24.3 Å². The molecule has 5 heteroatoms. The van der Waals surface area contributed by atoms with E-state index in [0.717, 1.165) is 24.4 Å². The molecule has 1 aliphatic heterocycles. The first-order valence-corrected chi connectivity index (χ1v) is 6.97. The highest BCUT2D eigenvalue weighted by Gasteiger charge is 2.19. The summed E-state index contributed by atoms with van der Waals surface area (Å²) in [6.45, 7) is 3.83. The zero-order chi connectivity index (χ0) is 14.9. The number of ether oxygens (including phenoxy) is 2. The van der Waals surface area contributed by atoms with E-state index in [0.29, 0.717) is 26.3 Å². The first-order chi connectivity index (χ1) is 10.3. The molecular formula is C16H19N3O2. The SMILES string of the molecule is N#CC1CN(CCOc2ccc(C#CCN)cc2)CCO1. The van der Waals surface area contributed by atoms with Crippen LogP contribution in [0.4, 0.5) is 0 Å². The molecule has 0 bridgehead atoms. The fourth-order valence-electron chi connectivity index (χ4n) is 2.06. The largest absolute Gasteiger partial charge is 0.492 e. The Morgan fingerprint density at radius 3 is 2.90 bits per heavy atom. The lowest BCUT2D eigenvalue weighted by atomic mass is 10.2. The van der Waals surface area contributed by atoms with Gasteiger partial charge >= 0.3 is 0 Å². The average molecular weight is 285 g/mol. The molecule has 0 spiro atoms. The highest BCUT2D eigenvalue weighted by atomic mass is 16.5. The van der Waals surface area contributed by atoms with E-state index in [9.17, 15) is 0 Å². The molecule has 1 unspecified atom stereocenters. The van der Waals surface area contributed by atoms with Gasteiger partial charge in [-0.3, -0.25) is 4.90 Å². The van der Waals surface area contributed by atoms with Crippen LogP contribution in [0.1, 0.15) is 5.56 Å². The molecule has 0 saturated carbocycles. The number of hydrogen-bond acceptors (Lipinski definition) is 5. The fourth-order valence-corrected chi connectivity index (χ4v) is 2.06. The van der Waals surface area contributed by atoms with Crippen LogP contribution < -0.4 is 10.5 Å². The lowest BCUT2D eigenvalue weighted by Crippen LogP contribution is -2.43. The Morgan fingerprint density at radius 2 is 2.19 bits per heavy atom. The highest BCUT2D eigenvalue weighted by molar-refractivity contribution is 5.38. The van der Waals surface area contributed by atoms with Crippen molar-refractivity contribution in [1.82, 2.24) is 4.90 Å². The monoisotopic (exact) mass is 285 g/mol. The highest BCUT2D eigenvalue weighted by Crippen LogP contribution is 2.12. The van der Waals surface area contributed by atoms with Gasteiger partial charge in [0, 0.05) is 25.2 Å². The summed E-state index contributed by atoms with van der Waals surface area (Å²) in [6, 6.07) is 9.77. The van der Waals surface area contributed by atoms with Crippen LogP contribution in [0.5, 0.6) is 5.75 Å². The molecule has 0 aliphatic carbocycles. The zero-order valence-electron chi connectivity index (χ0n) is 11.9. The molecule has 2 N–H and O–H groups in total. The first kappa shape index (κ1) is 15.3. The van der Waals surface area contributed by atoms with Crippen molar-refractivity contribution >= 4 is 0 Å². The second-order valence-corrected chi connectivity index (χ2v) is 4.67. The Balaban J connectivity index is 1.74. The topological polar surface area (TPSA) is 71.5 Å². The molecule has 21 heavy (non-hydrogen) atoms. The number of morpholine rings is 1. The van der Waals surface area contributed by atoms with Crippen molar-refractivity contribution in [3.63, 3.8) is 0 Å². The van der Waals surface area contributed by atoms with E-state index in [-0.39, 0.29) is 6.10 Å². The van der Waals surface area contributed by atoms with Crippen molar-refractivity contribution in [3.05, 3.63) is 29.8 Å². The number of nitrogens with two attached hydrogens (primary N) is 1. The van der Waals surface area contributed by atoms with Gasteiger partial charge in [-0.1, -0.05) is 11.8 Å². The maximum atomic E-state index is 8.85. The lowest BCUT2D eigenvalue weighted by molar-refractivity contribution is -0.00334. The van der Waals surface area contributed by atoms with Crippen LogP contribution in [0.2, 0.25) is 0 Å². The van der Waals surface area contributed by atoms with Crippen LogP contribution in [0.3, 0.4) is 0 Å². The van der Waals surface area contributed by atoms with Gasteiger partial charge in [-0.15, -0.1) is 0 Å². The van der Waals surface area contributed by atoms with Crippen LogP contribution in [-0.4, -0.2) is 50.4 Å². The quantitative estimate of drug-likeness (QED) is 0.820. The Bertz CT molecular complexity index is 539. The first-order valence-electron chi connectivity index (χ1n) is 6.97. The van der Waals surface area contributed by atoms with Gasteiger partial charge in [0.15, 0.2) is 6.10 Å². The molecule has 1 aliphatic rings. The predicted molar refractivity (Wildman–Crippen MR) is 79.7 cm³/mol. The molecule has 0 amide bonds. The van der Waals surface area contributed by atoms with E-state index in [1.165, 1.54) is 0 Å². The molecule has 1 fully saturated rings. The third-order valence-corrected chi connectivity index (χ3v) is 3.16. The maximum absolute atomic E-state index is 8.85. The van der Waals surface area contributed by atoms with Crippen LogP contribution >= 0.6 is 0 Å². The standard InChI is InChI=1S/C16H19N3O2/c17-7-1-2-14-3-5-15(6-4-14)20-10-8-19-9-11-21-16(12-18)13-19/h3-6,16H,7-11,13,17H2. The van der Waals surface area contributed by atoms with E-state index in [1.54, 1.807) is 0 Å². The molecule has 110 valence electrons. The minimum atomic E-state index is -0.320. The maximum Gasteiger partial charge on any atom is 0.156 e. The number of nitrogens with zero attached hydrogens (tertiary/aromatic N) is 2. The van der Waals surface area contributed by atoms with Crippen LogP contribution in [-0.2, 0) is 4.74 Å². The van der Waals surface area contributed by atoms with E-state index in [4.69, 9.17) is 20.5 Å². The summed E-state index contributed by atoms with van der Waals surface area (Å²) in [5, 5.41) is 8.85. The van der Waals surface area contributed by atoms with Gasteiger partial charge in [0.25, 0.3) is 0 Å². The van der Waals surface area contributed by atoms with Crippen LogP contribution in [0.25, 0.3) is 0 Å². The predicted octanol–water partition coefficient (Wildman–Crippen LogP) is 0.600. The number of nitriles is 1. The number of rotatable bonds is 4. The Morgan fingerprint density at radius 1 is 1.38 bits per heavy atom. The Kier molecular flexibility index (Phi) is 6.05. The molecule has 1 aromatic rings. The number of hydrogen-bond donors (Lipinski definition) is 1. The molecule has 1 heterocycles. The van der Waals surface area contributed by atoms with Gasteiger partial charge in [0.1, 0.15) is 12.4 Å². The molecule has 1 aromatic carbocycles. The average Bonchev–Trinajstić information content (AvgIpc) is 2.54. The van der Waals surface area contributed by atoms with Crippen molar-refractivity contribution < 1.29 is 9.47 Å². The van der Waals surface area contributed by atoms with Gasteiger partial charge in [0.05, 0.1) is 19.2 Å². The minimum Gasteiger partial charge on any atom is -0.492 e. The van der Waals surface area contributed by atoms with E-state index < -0.39 is 0 Å². The summed E-state index contributed by atoms with van der Waals surface area (Å²) in [6.07, 6.45) is -0.320. The van der Waals surface area contributed by atoms with Crippen molar-refractivity contribution in [2.75, 3.05) is 39.4 Å². The zero-order valence-corrected chi connectivity index (χ0v) is 11.9. The summed E-state index contributed by atoms with van der Waals surface area (Å²) in [5.41, 5.74) is 6.26. The smallest absolute Gasteiger partial charge is 0.156 e. The Hall–Kier alpha value is -2.05. The molecule has 5 nitrogen and oxygen atoms in total. The summed E-state index contributed by atoms with van der Waals surface area (Å²) in [4.78, 5) is 2.18. The lowest BCUT2D eigenvalue weighted by Gasteiger charge is -2.29. The summed E-state index contributed by atoms with van der Waals surface area (Å²) in [5.74, 6) is 6.60. The van der Waals surface area contributed by atoms with Gasteiger partial charge in [-0.05, 0) is 24.3 Å². The summed E-state index contributed by atoms with van der Waals surface area (Å²) in [7, 11) is 0. The third kappa shape index (κ3) is 5.09. The van der Waals surface area contributed by atoms with E-state index in [1.807, 2.05) is 24.3 Å². The molecule has 1 saturated heterocycles. The molecule has 2 rings (SSSR count). The third-order valence-electron chi connectivity index (χ3n) is 3.16. The van der Waals surface area contributed by atoms with Crippen molar-refractivity contribution in [3.8, 4) is 23.7 Å². The minimum absolute atomic E-state index is 0.320. The molecule has 0 aromatic heterocycles. The second-order valence-electron chi connectivity index (χ2n) is 4.67. The van der Waals surface area contributed by atoms with E-state index in [2.05, 4.69) is 22.8 Å². The molecular weight excluding hydrogens is 266 g/mol. The van der Waals surface area contributed by atoms with Crippen LogP contribution in [0, 0.1) is 23.2 Å². The van der Waals surface area contributed by atoms with E-state index >= 15 is 0 Å². The van der Waals surface area contributed by atoms with Gasteiger partial charge < -0.3 is 15.2 Å². The summed E-state index contributed by atoms with van der Waals surface area (Å²) < 4.78 is 11.0. The van der Waals surface area contributed by atoms with Gasteiger partial charge in [-0.2, -0.15) is 5.26 Å². The second kappa shape index (κ2) is 8.28. The van der Waals surface area contributed by atoms with Crippen molar-refractivity contribution in [2.24, 2.45) is 5.73 Å². The number of benzene rings is 1. The molecule has 0 radical (unpaired) electrons. The van der Waals surface area contributed by atoms with Gasteiger partial charge in [-0.25, -0.2) is 0 Å². The fraction of sp³-hybridized carbons (Fsp3) is 0.438. The van der Waals surface area contributed by atoms with Crippen molar-refractivity contribution in [1.29, 1.82) is 5.26 Å². The normalized spacial score (nSPS) is 18.4. The Labute approximate surface area is 125 Å². The summed E-state index contributed by atoms with van der Waals surface area (Å²) >= 11 is 0. The molecule has 1 atom stereocenters. The van der Waals surface area contributed by atoms with Gasteiger partial charge in [0.2, 0.25) is 0 Å².